The molecule has 4 atom stereocenters. The highest BCUT2D eigenvalue weighted by Gasteiger charge is 2.73. The lowest BCUT2D eigenvalue weighted by atomic mass is 9.77. The van der Waals surface area contributed by atoms with Gasteiger partial charge in [-0.15, -0.1) is 0 Å². The van der Waals surface area contributed by atoms with E-state index in [1.54, 1.807) is 12.1 Å². The molecule has 0 aliphatic carbocycles. The van der Waals surface area contributed by atoms with Gasteiger partial charge in [-0.05, 0) is 36.6 Å². The van der Waals surface area contributed by atoms with Crippen molar-refractivity contribution in [2.75, 3.05) is 11.9 Å². The predicted molar refractivity (Wildman–Crippen MR) is 101 cm³/mol. The molecule has 2 fully saturated rings. The summed E-state index contributed by atoms with van der Waals surface area (Å²) in [6, 6.07) is 13.5. The molecular weight excluding hydrogens is 366 g/mol. The number of rotatable bonds is 2. The van der Waals surface area contributed by atoms with Gasteiger partial charge in [0.1, 0.15) is 0 Å². The van der Waals surface area contributed by atoms with Crippen LogP contribution in [0.3, 0.4) is 0 Å². The summed E-state index contributed by atoms with van der Waals surface area (Å²) < 4.78 is 0. The molecule has 0 radical (unpaired) electrons. The third kappa shape index (κ3) is 2.08. The molecule has 0 bridgehead atoms. The molecule has 5 rings (SSSR count). The molecule has 1 amide bonds. The number of para-hydroxylation sites is 1. The first kappa shape index (κ1) is 16.7. The van der Waals surface area contributed by atoms with E-state index in [0.29, 0.717) is 17.3 Å². The highest BCUT2D eigenvalue weighted by atomic mass is 35.5. The Morgan fingerprint density at radius 2 is 1.93 bits per heavy atom. The molecule has 7 heteroatoms. The number of halogens is 1. The van der Waals surface area contributed by atoms with Gasteiger partial charge in [0, 0.05) is 33.8 Å². The van der Waals surface area contributed by atoms with E-state index < -0.39 is 11.6 Å². The molecule has 3 heterocycles. The zero-order chi connectivity index (χ0) is 18.8. The number of carbonyl (C=O) groups is 1. The number of hydrogen-bond donors (Lipinski definition) is 1. The van der Waals surface area contributed by atoms with Crippen molar-refractivity contribution in [1.82, 2.24) is 4.90 Å². The Hall–Kier alpha value is -2.44. The third-order valence-corrected chi connectivity index (χ3v) is 6.60. The molecule has 3 aliphatic rings. The average Bonchev–Trinajstić information content (AvgIpc) is 3.30. The van der Waals surface area contributed by atoms with Gasteiger partial charge in [-0.3, -0.25) is 19.8 Å². The third-order valence-electron chi connectivity index (χ3n) is 6.35. The van der Waals surface area contributed by atoms with Crippen LogP contribution in [-0.2, 0) is 10.3 Å². The van der Waals surface area contributed by atoms with Crippen LogP contribution in [0, 0.1) is 10.1 Å². The van der Waals surface area contributed by atoms with E-state index in [9.17, 15) is 14.9 Å². The quantitative estimate of drug-likeness (QED) is 0.637. The zero-order valence-corrected chi connectivity index (χ0v) is 15.2. The normalized spacial score (nSPS) is 31.7. The van der Waals surface area contributed by atoms with Gasteiger partial charge in [-0.1, -0.05) is 41.9 Å². The molecule has 0 aromatic heterocycles. The Morgan fingerprint density at radius 3 is 2.67 bits per heavy atom. The van der Waals surface area contributed by atoms with Crippen LogP contribution in [0.5, 0.6) is 0 Å². The maximum absolute atomic E-state index is 13.3. The number of nitrogens with one attached hydrogen (secondary N) is 1. The van der Waals surface area contributed by atoms with Gasteiger partial charge in [0.2, 0.25) is 0 Å². The monoisotopic (exact) mass is 383 g/mol. The minimum Gasteiger partial charge on any atom is -0.324 e. The maximum Gasteiger partial charge on any atom is 0.256 e. The van der Waals surface area contributed by atoms with Crippen molar-refractivity contribution in [3.63, 3.8) is 0 Å². The minimum absolute atomic E-state index is 0.0431. The lowest BCUT2D eigenvalue weighted by Crippen LogP contribution is -2.55. The number of hydrogen-bond acceptors (Lipinski definition) is 4. The highest BCUT2D eigenvalue weighted by molar-refractivity contribution is 6.30. The van der Waals surface area contributed by atoms with E-state index in [4.69, 9.17) is 11.6 Å². The van der Waals surface area contributed by atoms with Gasteiger partial charge in [0.05, 0.1) is 5.92 Å². The van der Waals surface area contributed by atoms with E-state index in [1.807, 2.05) is 36.4 Å². The number of carbonyl (C=O) groups excluding carboxylic acids is 1. The lowest BCUT2D eigenvalue weighted by molar-refractivity contribution is -0.534. The first-order chi connectivity index (χ1) is 13.0. The first-order valence-electron chi connectivity index (χ1n) is 9.12. The molecule has 4 unspecified atom stereocenters. The molecule has 2 aromatic carbocycles. The fraction of sp³-hybridized carbons (Fsp3) is 0.350. The summed E-state index contributed by atoms with van der Waals surface area (Å²) in [6.07, 6.45) is 1.77. The predicted octanol–water partition coefficient (Wildman–Crippen LogP) is 3.39. The summed E-state index contributed by atoms with van der Waals surface area (Å²) in [5.74, 6) is -0.648. The van der Waals surface area contributed by atoms with Gasteiger partial charge in [0.15, 0.2) is 5.54 Å². The SMILES string of the molecule is O=C1Nc2ccccc2C12C([N+](=O)[O-])C(c1ccc(Cl)cc1)C1CCCN12. The van der Waals surface area contributed by atoms with Crippen molar-refractivity contribution in [3.8, 4) is 0 Å². The molecule has 1 N–H and O–H groups in total. The van der Waals surface area contributed by atoms with E-state index in [2.05, 4.69) is 10.2 Å². The molecular formula is C20H18ClN3O3. The van der Waals surface area contributed by atoms with Crippen LogP contribution in [0.25, 0.3) is 0 Å². The van der Waals surface area contributed by atoms with Crippen LogP contribution in [0.2, 0.25) is 5.02 Å². The smallest absolute Gasteiger partial charge is 0.256 e. The topological polar surface area (TPSA) is 75.5 Å². The van der Waals surface area contributed by atoms with Crippen molar-refractivity contribution >= 4 is 23.2 Å². The van der Waals surface area contributed by atoms with Crippen LogP contribution in [0.1, 0.15) is 29.9 Å². The summed E-state index contributed by atoms with van der Waals surface area (Å²) in [4.78, 5) is 27.5. The molecule has 2 saturated heterocycles. The second-order valence-corrected chi connectivity index (χ2v) is 7.91. The van der Waals surface area contributed by atoms with E-state index in [-0.39, 0.29) is 22.8 Å². The molecule has 6 nitrogen and oxygen atoms in total. The Kier molecular flexibility index (Phi) is 3.58. The zero-order valence-electron chi connectivity index (χ0n) is 14.5. The summed E-state index contributed by atoms with van der Waals surface area (Å²) in [5.41, 5.74) is 1.01. The number of nitro groups is 1. The summed E-state index contributed by atoms with van der Waals surface area (Å²) >= 11 is 6.03. The number of nitrogens with zero attached hydrogens (tertiary/aromatic N) is 2. The largest absolute Gasteiger partial charge is 0.324 e. The molecule has 0 saturated carbocycles. The van der Waals surface area contributed by atoms with Crippen molar-refractivity contribution in [2.45, 2.75) is 36.4 Å². The molecule has 2 aromatic rings. The van der Waals surface area contributed by atoms with Crippen molar-refractivity contribution < 1.29 is 9.72 Å². The highest BCUT2D eigenvalue weighted by Crippen LogP contribution is 2.57. The summed E-state index contributed by atoms with van der Waals surface area (Å²) in [5, 5.41) is 15.9. The standard InChI is InChI=1S/C20H18ClN3O3/c21-13-9-7-12(8-10-13)17-16-6-3-11-23(16)20(18(17)24(26)27)14-4-1-2-5-15(14)22-19(20)25/h1-2,4-5,7-10,16-18H,3,6,11H2,(H,22,25). The Balaban J connectivity index is 1.76. The molecule has 1 spiro atoms. The number of amides is 1. The van der Waals surface area contributed by atoms with Crippen LogP contribution >= 0.6 is 11.6 Å². The Bertz CT molecular complexity index is 948. The lowest BCUT2D eigenvalue weighted by Gasteiger charge is -2.32. The van der Waals surface area contributed by atoms with E-state index >= 15 is 0 Å². The van der Waals surface area contributed by atoms with Crippen LogP contribution in [0.4, 0.5) is 5.69 Å². The van der Waals surface area contributed by atoms with Crippen LogP contribution in [-0.4, -0.2) is 34.4 Å². The summed E-state index contributed by atoms with van der Waals surface area (Å²) in [7, 11) is 0. The number of anilines is 1. The van der Waals surface area contributed by atoms with Crippen molar-refractivity contribution in [2.24, 2.45) is 0 Å². The fourth-order valence-corrected chi connectivity index (χ4v) is 5.59. The second-order valence-electron chi connectivity index (χ2n) is 7.48. The van der Waals surface area contributed by atoms with Crippen LogP contribution in [0.15, 0.2) is 48.5 Å². The Morgan fingerprint density at radius 1 is 1.19 bits per heavy atom. The maximum atomic E-state index is 13.3. The minimum atomic E-state index is -1.26. The number of benzene rings is 2. The molecule has 138 valence electrons. The summed E-state index contributed by atoms with van der Waals surface area (Å²) in [6.45, 7) is 0.681. The van der Waals surface area contributed by atoms with Gasteiger partial charge in [-0.2, -0.15) is 0 Å². The fourth-order valence-electron chi connectivity index (χ4n) is 5.46. The van der Waals surface area contributed by atoms with Gasteiger partial charge < -0.3 is 5.32 Å². The van der Waals surface area contributed by atoms with E-state index in [0.717, 1.165) is 24.0 Å². The Labute approximate surface area is 161 Å². The molecule has 27 heavy (non-hydrogen) atoms. The van der Waals surface area contributed by atoms with Gasteiger partial charge in [0.25, 0.3) is 11.9 Å². The van der Waals surface area contributed by atoms with Crippen LogP contribution < -0.4 is 5.32 Å². The average molecular weight is 384 g/mol. The molecule has 3 aliphatic heterocycles. The van der Waals surface area contributed by atoms with Gasteiger partial charge in [-0.25, -0.2) is 0 Å². The van der Waals surface area contributed by atoms with E-state index in [1.165, 1.54) is 0 Å². The van der Waals surface area contributed by atoms with Crippen molar-refractivity contribution in [1.29, 1.82) is 0 Å². The van der Waals surface area contributed by atoms with Gasteiger partial charge >= 0.3 is 0 Å². The number of fused-ring (bicyclic) bond motifs is 4. The first-order valence-corrected chi connectivity index (χ1v) is 9.49. The van der Waals surface area contributed by atoms with Crippen molar-refractivity contribution in [3.05, 3.63) is 74.8 Å². The second kappa shape index (κ2) is 5.78.